The fourth-order valence-electron chi connectivity index (χ4n) is 0. The van der Waals surface area contributed by atoms with Gasteiger partial charge in [0.05, 0.1) is 0 Å². The van der Waals surface area contributed by atoms with Crippen molar-refractivity contribution in [3.8, 4) is 0 Å². The van der Waals surface area contributed by atoms with Gasteiger partial charge in [-0.05, 0) is 0 Å². The molecule has 0 amide bonds. The van der Waals surface area contributed by atoms with Crippen molar-refractivity contribution in [1.29, 1.82) is 0 Å². The second-order valence-corrected chi connectivity index (χ2v) is 0.577. The Hall–Kier alpha value is 1.10. The number of hydrogen-bond donors (Lipinski definition) is 0. The molecule has 1 heteroatoms. The summed E-state index contributed by atoms with van der Waals surface area (Å²) in [7, 11) is 0. The second-order valence-electron chi connectivity index (χ2n) is 0.577. The first-order valence-corrected chi connectivity index (χ1v) is 4.15. The van der Waals surface area contributed by atoms with Crippen LogP contribution in [0.5, 0.6) is 0 Å². The monoisotopic (exact) mass is 286 g/mol. The van der Waals surface area contributed by atoms with Crippen LogP contribution in [0.2, 0.25) is 0 Å². The molecule has 0 atom stereocenters. The van der Waals surface area contributed by atoms with Crippen molar-refractivity contribution in [2.24, 2.45) is 0 Å². The molecule has 14 heavy (non-hydrogen) atoms. The van der Waals surface area contributed by atoms with Gasteiger partial charge in [-0.15, -0.1) is 0 Å². The predicted octanol–water partition coefficient (Wildman–Crippen LogP) is 6.85. The molecule has 0 aromatic carbocycles. The van der Waals surface area contributed by atoms with E-state index in [2.05, 4.69) is 0 Å². The fraction of sp³-hybridized carbons (Fsp3) is 0.923. The quantitative estimate of drug-likeness (QED) is 0.427. The molecule has 97 valence electrons. The van der Waals surface area contributed by atoms with E-state index in [0.717, 1.165) is 0 Å². The van der Waals surface area contributed by atoms with E-state index >= 15 is 0 Å². The van der Waals surface area contributed by atoms with E-state index in [0.29, 0.717) is 0 Å². The van der Waals surface area contributed by atoms with Gasteiger partial charge >= 0.3 is 0 Å². The van der Waals surface area contributed by atoms with Crippen molar-refractivity contribution in [3.63, 3.8) is 0 Å². The molecule has 0 bridgehead atoms. The topological polar surface area (TPSA) is 0 Å². The van der Waals surface area contributed by atoms with Crippen LogP contribution in [-0.2, 0) is 32.7 Å². The summed E-state index contributed by atoms with van der Waals surface area (Å²) in [6.45, 7) is 16.0. The molecule has 0 saturated carbocycles. The molecule has 0 heterocycles. The van der Waals surface area contributed by atoms with Crippen molar-refractivity contribution in [3.05, 3.63) is 6.42 Å². The smallest absolute Gasteiger partial charge is 0 e. The Kier molecular flexibility index (Phi) is 3150. The minimum atomic E-state index is 0. The maximum Gasteiger partial charge on any atom is 0 e. The minimum Gasteiger partial charge on any atom is -0.335 e. The van der Waals surface area contributed by atoms with Crippen molar-refractivity contribution in [1.82, 2.24) is 0 Å². The van der Waals surface area contributed by atoms with Crippen LogP contribution in [0.3, 0.4) is 0 Å². The van der Waals surface area contributed by atoms with Crippen molar-refractivity contribution in [2.75, 3.05) is 0 Å². The number of rotatable bonds is 0. The van der Waals surface area contributed by atoms with E-state index in [-0.39, 0.29) is 62.4 Å². The summed E-state index contributed by atoms with van der Waals surface area (Å²) in [6.07, 6.45) is 2.00. The largest absolute Gasteiger partial charge is 0.335 e. The third-order valence-corrected chi connectivity index (χ3v) is 0. The van der Waals surface area contributed by atoms with Crippen LogP contribution in [0.4, 0.5) is 0 Å². The zero-order valence-electron chi connectivity index (χ0n) is 9.15. The molecule has 0 unspecified atom stereocenters. The van der Waals surface area contributed by atoms with Crippen LogP contribution in [0, 0.1) is 6.42 Å². The summed E-state index contributed by atoms with van der Waals surface area (Å²) < 4.78 is 0. The molecular weight excluding hydrogens is 245 g/mol. The molecule has 0 saturated heterocycles. The molecule has 0 aliphatic heterocycles. The first kappa shape index (κ1) is 80.6. The van der Waals surface area contributed by atoms with Gasteiger partial charge < -0.3 is 6.42 Å². The average Bonchev–Trinajstić information content (AvgIpc) is 2.01. The van der Waals surface area contributed by atoms with Crippen LogP contribution >= 0.6 is 0 Å². The third-order valence-electron chi connectivity index (χ3n) is 0. The Morgan fingerprint density at radius 3 is 0.500 bits per heavy atom. The van der Waals surface area contributed by atoms with Crippen molar-refractivity contribution >= 4 is 0 Å². The Balaban J connectivity index is -0.00000000308. The van der Waals surface area contributed by atoms with Crippen LogP contribution in [0.15, 0.2) is 0 Å². The zero-order chi connectivity index (χ0) is 8.71. The molecule has 0 nitrogen and oxygen atoms in total. The third kappa shape index (κ3) is 1580. The first-order valence-electron chi connectivity index (χ1n) is 4.15. The molecule has 1 radical (unpaired) electrons. The first-order chi connectivity index (χ1) is 4.41. The summed E-state index contributed by atoms with van der Waals surface area (Å²) in [5.74, 6) is 0. The summed E-state index contributed by atoms with van der Waals surface area (Å²) in [5, 5.41) is 0. The zero-order valence-corrected chi connectivity index (χ0v) is 12.0. The molecule has 0 N–H and O–H groups in total. The van der Waals surface area contributed by atoms with E-state index in [9.17, 15) is 0 Å². The van der Waals surface area contributed by atoms with Gasteiger partial charge in [0, 0.05) is 32.7 Å². The van der Waals surface area contributed by atoms with Crippen LogP contribution < -0.4 is 0 Å². The van der Waals surface area contributed by atoms with E-state index in [1.807, 2.05) is 61.8 Å². The molecule has 0 rings (SSSR count). The molecule has 0 aliphatic carbocycles. The van der Waals surface area contributed by atoms with E-state index < -0.39 is 0 Å². The van der Waals surface area contributed by atoms with E-state index in [4.69, 9.17) is 0 Å². The van der Waals surface area contributed by atoms with Gasteiger partial charge in [0.25, 0.3) is 0 Å². The Labute approximate surface area is 124 Å². The molecular formula is C13H41Y-. The van der Waals surface area contributed by atoms with Gasteiger partial charge in [-0.25, -0.2) is 0 Å². The SMILES string of the molecule is C.C.C.C.CC.CC.CC.C[CH-]C.[Y]. The number of hydrogen-bond acceptors (Lipinski definition) is 0. The average molecular weight is 286 g/mol. The van der Waals surface area contributed by atoms with Gasteiger partial charge in [0.15, 0.2) is 0 Å². The van der Waals surface area contributed by atoms with Crippen molar-refractivity contribution < 1.29 is 32.7 Å². The Morgan fingerprint density at radius 1 is 0.500 bits per heavy atom. The Morgan fingerprint density at radius 2 is 0.500 bits per heavy atom. The second kappa shape index (κ2) is 547. The van der Waals surface area contributed by atoms with Gasteiger partial charge in [0.2, 0.25) is 0 Å². The fourth-order valence-corrected chi connectivity index (χ4v) is 0. The summed E-state index contributed by atoms with van der Waals surface area (Å²) in [5.41, 5.74) is 0. The van der Waals surface area contributed by atoms with Gasteiger partial charge in [-0.1, -0.05) is 71.2 Å². The van der Waals surface area contributed by atoms with Crippen LogP contribution in [-0.4, -0.2) is 0 Å². The summed E-state index contributed by atoms with van der Waals surface area (Å²) in [6, 6.07) is 0. The predicted molar refractivity (Wildman–Crippen MR) is 76.6 cm³/mol. The van der Waals surface area contributed by atoms with Gasteiger partial charge in [-0.2, -0.15) is 13.8 Å². The Bertz CT molecular complexity index is 5.20. The molecule has 0 aromatic heterocycles. The minimum absolute atomic E-state index is 0. The van der Waals surface area contributed by atoms with E-state index in [1.165, 1.54) is 0 Å². The standard InChI is InChI=1S/C3H7.3C2H6.4CH4.Y/c1-3-2;3*1-2;;;;;/h3H,1-2H3;3*1-2H3;4*1H4;/q-1;;;;;;;;. The summed E-state index contributed by atoms with van der Waals surface area (Å²) >= 11 is 0. The summed E-state index contributed by atoms with van der Waals surface area (Å²) in [4.78, 5) is 0. The molecule has 0 aliphatic rings. The van der Waals surface area contributed by atoms with Gasteiger partial charge in [0.1, 0.15) is 0 Å². The van der Waals surface area contributed by atoms with Crippen LogP contribution in [0.25, 0.3) is 0 Å². The molecule has 0 fully saturated rings. The maximum absolute atomic E-state index is 2.00. The molecule has 0 aromatic rings. The van der Waals surface area contributed by atoms with E-state index in [1.54, 1.807) is 0 Å². The normalized spacial score (nSPS) is 2.57. The molecule has 0 spiro atoms. The van der Waals surface area contributed by atoms with Gasteiger partial charge in [-0.3, -0.25) is 0 Å². The van der Waals surface area contributed by atoms with Crippen LogP contribution in [0.1, 0.15) is 85.1 Å². The maximum atomic E-state index is 2.00. The van der Waals surface area contributed by atoms with Crippen molar-refractivity contribution in [2.45, 2.75) is 85.1 Å².